The molecule has 0 bridgehead atoms. The molecule has 1 spiro atoms. The number of aliphatic carboxylic acids is 1. The van der Waals surface area contributed by atoms with Crippen LogP contribution in [-0.4, -0.2) is 58.9 Å². The Kier molecular flexibility index (Phi) is 11.5. The molecule has 2 aliphatic heterocycles. The van der Waals surface area contributed by atoms with Crippen LogP contribution in [0.5, 0.6) is 11.5 Å². The second-order valence-electron chi connectivity index (χ2n) is 15.7. The average Bonchev–Trinajstić information content (AvgIpc) is 3.17. The summed E-state index contributed by atoms with van der Waals surface area (Å²) in [5, 5.41) is 32.7. The zero-order chi connectivity index (χ0) is 39.5. The number of carboxylic acid groups (broad SMARTS) is 1. The minimum absolute atomic E-state index is 0.119. The largest absolute Gasteiger partial charge is 0.488 e. The number of likely N-dealkylation sites (tertiary alicyclic amines) is 1. The Balaban J connectivity index is 1.08. The molecule has 1 atom stereocenters. The molecule has 2 saturated heterocycles. The van der Waals surface area contributed by atoms with E-state index in [1.54, 1.807) is 24.4 Å². The second-order valence-corrected chi connectivity index (χ2v) is 16.1. The predicted octanol–water partition coefficient (Wildman–Crippen LogP) is 8.14. The number of ether oxygens (including phenoxy) is 2. The quantitative estimate of drug-likeness (QED) is 0.0967. The van der Waals surface area contributed by atoms with Gasteiger partial charge in [-0.25, -0.2) is 0 Å². The Hall–Kier alpha value is -5.24. The normalized spacial score (nSPS) is 15.6. The van der Waals surface area contributed by atoms with Crippen LogP contribution in [0.25, 0.3) is 22.3 Å². The second kappa shape index (κ2) is 16.5. The number of nitrogens with zero attached hydrogens (tertiary/aromatic N) is 3. The van der Waals surface area contributed by atoms with Gasteiger partial charge in [-0.2, -0.15) is 5.26 Å². The first-order valence-electron chi connectivity index (χ1n) is 19.0. The van der Waals surface area contributed by atoms with Gasteiger partial charge >= 0.3 is 5.97 Å². The lowest BCUT2D eigenvalue weighted by Gasteiger charge is -2.56. The Labute approximate surface area is 333 Å². The number of aromatic nitrogens is 1. The number of aryl methyl sites for hydroxylation is 1. The maximum atomic E-state index is 11.9. The summed E-state index contributed by atoms with van der Waals surface area (Å²) in [7, 11) is 0. The highest BCUT2D eigenvalue weighted by atomic mass is 35.5. The SMILES string of the molecule is Cc1c(COc2cc(OCc3cncc(C#N)c3)c(CC[C@](C)(CO)C(=O)O)cc2Cl)cccc1-c1cccc(-c2ccc(CN3CC4(CNC4)C3)cc2)c1C. The third-order valence-electron chi connectivity index (χ3n) is 11.5. The maximum absolute atomic E-state index is 11.9. The average molecular weight is 771 g/mol. The van der Waals surface area contributed by atoms with Crippen LogP contribution in [-0.2, 0) is 31.0 Å². The van der Waals surface area contributed by atoms with Gasteiger partial charge in [0.15, 0.2) is 0 Å². The van der Waals surface area contributed by atoms with Crippen LogP contribution in [0.3, 0.4) is 0 Å². The predicted molar refractivity (Wildman–Crippen MR) is 218 cm³/mol. The van der Waals surface area contributed by atoms with E-state index in [2.05, 4.69) is 89.7 Å². The van der Waals surface area contributed by atoms with Gasteiger partial charge in [0.2, 0.25) is 0 Å². The molecule has 0 radical (unpaired) electrons. The number of hydrogen-bond acceptors (Lipinski definition) is 8. The lowest BCUT2D eigenvalue weighted by molar-refractivity contribution is -0.150. The van der Waals surface area contributed by atoms with Crippen LogP contribution in [0.4, 0.5) is 0 Å². The molecule has 3 N–H and O–H groups in total. The highest BCUT2D eigenvalue weighted by molar-refractivity contribution is 6.32. The van der Waals surface area contributed by atoms with Gasteiger partial charge in [-0.15, -0.1) is 0 Å². The fraction of sp³-hybridized carbons (Fsp3) is 0.326. The van der Waals surface area contributed by atoms with E-state index >= 15 is 0 Å². The summed E-state index contributed by atoms with van der Waals surface area (Å²) in [5.74, 6) is -0.208. The van der Waals surface area contributed by atoms with E-state index in [-0.39, 0.29) is 26.1 Å². The molecular formula is C46H47ClN4O5. The number of nitriles is 1. The Morgan fingerprint density at radius 3 is 2.29 bits per heavy atom. The van der Waals surface area contributed by atoms with Crippen LogP contribution >= 0.6 is 11.6 Å². The number of nitrogens with one attached hydrogen (secondary N) is 1. The number of aliphatic hydroxyl groups excluding tert-OH is 1. The minimum atomic E-state index is -1.33. The summed E-state index contributed by atoms with van der Waals surface area (Å²) in [6.07, 6.45) is 3.55. The first-order valence-corrected chi connectivity index (χ1v) is 19.3. The Morgan fingerprint density at radius 2 is 1.61 bits per heavy atom. The molecule has 10 heteroatoms. The Bertz CT molecular complexity index is 2280. The molecule has 7 rings (SSSR count). The number of aliphatic hydroxyl groups is 1. The van der Waals surface area contributed by atoms with Crippen molar-refractivity contribution < 1.29 is 24.5 Å². The monoisotopic (exact) mass is 770 g/mol. The van der Waals surface area contributed by atoms with E-state index in [9.17, 15) is 20.3 Å². The molecule has 0 aliphatic carbocycles. The van der Waals surface area contributed by atoms with Crippen molar-refractivity contribution in [3.63, 3.8) is 0 Å². The Morgan fingerprint density at radius 1 is 0.911 bits per heavy atom. The van der Waals surface area contributed by atoms with E-state index in [1.807, 2.05) is 6.07 Å². The fourth-order valence-electron chi connectivity index (χ4n) is 7.76. The number of rotatable bonds is 15. The molecule has 288 valence electrons. The van der Waals surface area contributed by atoms with E-state index in [0.717, 1.165) is 41.9 Å². The molecule has 0 amide bonds. The van der Waals surface area contributed by atoms with Gasteiger partial charge in [0, 0.05) is 62.2 Å². The van der Waals surface area contributed by atoms with Gasteiger partial charge in [0.25, 0.3) is 0 Å². The molecule has 0 saturated carbocycles. The number of hydrogen-bond donors (Lipinski definition) is 3. The van der Waals surface area contributed by atoms with Crippen LogP contribution in [0, 0.1) is 36.0 Å². The van der Waals surface area contributed by atoms with E-state index < -0.39 is 18.0 Å². The van der Waals surface area contributed by atoms with Crippen LogP contribution in [0.1, 0.15) is 52.3 Å². The van der Waals surface area contributed by atoms with Crippen molar-refractivity contribution in [2.45, 2.75) is 53.4 Å². The van der Waals surface area contributed by atoms with Crippen LogP contribution in [0.15, 0.2) is 91.3 Å². The minimum Gasteiger partial charge on any atom is -0.488 e. The van der Waals surface area contributed by atoms with Gasteiger partial charge in [-0.3, -0.25) is 14.7 Å². The summed E-state index contributed by atoms with van der Waals surface area (Å²) in [5.41, 5.74) is 10.3. The molecule has 2 fully saturated rings. The van der Waals surface area contributed by atoms with Crippen LogP contribution < -0.4 is 14.8 Å². The summed E-state index contributed by atoms with van der Waals surface area (Å²) in [6, 6.07) is 29.0. The number of pyridine rings is 1. The highest BCUT2D eigenvalue weighted by Crippen LogP contribution is 2.39. The molecule has 56 heavy (non-hydrogen) atoms. The van der Waals surface area contributed by atoms with Gasteiger partial charge in [0.05, 0.1) is 22.6 Å². The molecule has 5 aromatic rings. The van der Waals surface area contributed by atoms with E-state index in [1.165, 1.54) is 48.5 Å². The molecule has 4 aromatic carbocycles. The fourth-order valence-corrected chi connectivity index (χ4v) is 8.00. The van der Waals surface area contributed by atoms with Gasteiger partial charge < -0.3 is 25.0 Å². The lowest BCUT2D eigenvalue weighted by Crippen LogP contribution is -2.70. The summed E-state index contributed by atoms with van der Waals surface area (Å²) < 4.78 is 12.6. The third kappa shape index (κ3) is 8.30. The third-order valence-corrected chi connectivity index (χ3v) is 11.8. The standard InChI is InChI=1S/C46H47ClN4O5/c1-30-37(6-4-8-39(30)40-9-5-7-38(31(40)2)35-12-10-32(11-13-35)22-51-27-46(28-51)25-50-26-46)24-56-43-18-42(55-23-34-16-33(19-48)20-49-21-34)36(17-41(43)47)14-15-45(3,29-52)44(53)54/h4-13,16-18,20-21,50,52H,14-15,22-29H2,1-3H3,(H,53,54)/t45-/m1/s1. The van der Waals surface area contributed by atoms with Crippen LogP contribution in [0.2, 0.25) is 5.02 Å². The van der Waals surface area contributed by atoms with Crippen molar-refractivity contribution in [3.05, 3.63) is 135 Å². The number of carboxylic acids is 1. The summed E-state index contributed by atoms with van der Waals surface area (Å²) >= 11 is 6.80. The highest BCUT2D eigenvalue weighted by Gasteiger charge is 2.47. The number of carbonyl (C=O) groups is 1. The van der Waals surface area contributed by atoms with Crippen molar-refractivity contribution in [3.8, 4) is 39.8 Å². The smallest absolute Gasteiger partial charge is 0.311 e. The number of halogens is 1. The maximum Gasteiger partial charge on any atom is 0.311 e. The topological polar surface area (TPSA) is 128 Å². The van der Waals surface area contributed by atoms with Crippen molar-refractivity contribution >= 4 is 17.6 Å². The molecule has 2 aliphatic rings. The van der Waals surface area contributed by atoms with Crippen molar-refractivity contribution in [1.29, 1.82) is 5.26 Å². The van der Waals surface area contributed by atoms with Crippen molar-refractivity contribution in [2.75, 3.05) is 32.8 Å². The molecule has 1 aromatic heterocycles. The van der Waals surface area contributed by atoms with E-state index in [0.29, 0.717) is 38.6 Å². The summed E-state index contributed by atoms with van der Waals surface area (Å²) in [4.78, 5) is 18.6. The summed E-state index contributed by atoms with van der Waals surface area (Å²) in [6.45, 7) is 11.3. The van der Waals surface area contributed by atoms with E-state index in [4.69, 9.17) is 21.1 Å². The molecule has 9 nitrogen and oxygen atoms in total. The van der Waals surface area contributed by atoms with Gasteiger partial charge in [0.1, 0.15) is 30.8 Å². The zero-order valence-electron chi connectivity index (χ0n) is 32.1. The zero-order valence-corrected chi connectivity index (χ0v) is 32.8. The van der Waals surface area contributed by atoms with Crippen molar-refractivity contribution in [2.24, 2.45) is 10.8 Å². The first kappa shape index (κ1) is 39.0. The van der Waals surface area contributed by atoms with Gasteiger partial charge in [-0.05, 0) is 95.8 Å². The van der Waals surface area contributed by atoms with Gasteiger partial charge in [-0.1, -0.05) is 72.3 Å². The molecule has 0 unspecified atom stereocenters. The lowest BCUT2D eigenvalue weighted by atomic mass is 9.74. The van der Waals surface area contributed by atoms with Crippen molar-refractivity contribution in [1.82, 2.24) is 15.2 Å². The molecule has 3 heterocycles. The number of benzene rings is 4. The first-order chi connectivity index (χ1) is 27.0. The molecular weight excluding hydrogens is 724 g/mol.